The van der Waals surface area contributed by atoms with Crippen molar-refractivity contribution in [3.63, 3.8) is 0 Å². The molecule has 21 heavy (non-hydrogen) atoms. The topological polar surface area (TPSA) is 63.3 Å². The number of hydrogen-bond donors (Lipinski definition) is 2. The maximum atomic E-state index is 5.84. The monoisotopic (exact) mass is 308 g/mol. The third-order valence-electron chi connectivity index (χ3n) is 3.75. The van der Waals surface area contributed by atoms with Gasteiger partial charge < -0.3 is 11.1 Å². The minimum absolute atomic E-state index is 0.578. The van der Waals surface area contributed by atoms with E-state index >= 15 is 0 Å². The second kappa shape index (κ2) is 8.37. The summed E-state index contributed by atoms with van der Waals surface area (Å²) in [4.78, 5) is 10.7. The highest BCUT2D eigenvalue weighted by Crippen LogP contribution is 2.27. The molecule has 0 amide bonds. The second-order valence-electron chi connectivity index (χ2n) is 6.16. The highest BCUT2D eigenvalue weighted by molar-refractivity contribution is 7.11. The van der Waals surface area contributed by atoms with Gasteiger partial charge in [-0.1, -0.05) is 13.8 Å². The Morgan fingerprint density at radius 1 is 1.38 bits per heavy atom. The van der Waals surface area contributed by atoms with Crippen molar-refractivity contribution in [3.05, 3.63) is 15.6 Å². The standard InChI is InChI=1S/C16H28N4S/c1-12(2)9-11-19-16(17)18-10-5-8-15-20-13-6-3-4-7-14(13)21-15/h12H,3-11H2,1-2H3,(H3,17,18,19). The lowest BCUT2D eigenvalue weighted by atomic mass is 10.0. The summed E-state index contributed by atoms with van der Waals surface area (Å²) in [6.07, 6.45) is 8.23. The number of nitrogens with zero attached hydrogens (tertiary/aromatic N) is 2. The van der Waals surface area contributed by atoms with E-state index in [1.165, 1.54) is 41.3 Å². The lowest BCUT2D eigenvalue weighted by Crippen LogP contribution is -2.33. The fraction of sp³-hybridized carbons (Fsp3) is 0.750. The van der Waals surface area contributed by atoms with Gasteiger partial charge in [0.05, 0.1) is 10.7 Å². The number of guanidine groups is 1. The molecule has 1 heterocycles. The van der Waals surface area contributed by atoms with Gasteiger partial charge in [-0.05, 0) is 44.4 Å². The Hall–Kier alpha value is -1.10. The lowest BCUT2D eigenvalue weighted by molar-refractivity contribution is 0.576. The molecule has 0 fully saturated rings. The minimum atomic E-state index is 0.578. The number of rotatable bonds is 7. The SMILES string of the molecule is CC(C)CCNC(N)=NCCCc1nc2c(s1)CCCC2. The van der Waals surface area contributed by atoms with Gasteiger partial charge in [0.2, 0.25) is 0 Å². The van der Waals surface area contributed by atoms with E-state index in [1.807, 2.05) is 11.3 Å². The van der Waals surface area contributed by atoms with Crippen LogP contribution in [0.15, 0.2) is 4.99 Å². The maximum Gasteiger partial charge on any atom is 0.188 e. The molecule has 1 aromatic rings. The quantitative estimate of drug-likeness (QED) is 0.462. The fourth-order valence-electron chi connectivity index (χ4n) is 2.49. The smallest absolute Gasteiger partial charge is 0.188 e. The van der Waals surface area contributed by atoms with Crippen molar-refractivity contribution in [2.75, 3.05) is 13.1 Å². The van der Waals surface area contributed by atoms with Gasteiger partial charge >= 0.3 is 0 Å². The molecule has 0 aromatic carbocycles. The van der Waals surface area contributed by atoms with Crippen LogP contribution in [0.5, 0.6) is 0 Å². The molecule has 0 saturated carbocycles. The molecule has 0 radical (unpaired) electrons. The molecular weight excluding hydrogens is 280 g/mol. The van der Waals surface area contributed by atoms with Gasteiger partial charge in [0, 0.05) is 24.4 Å². The van der Waals surface area contributed by atoms with E-state index in [4.69, 9.17) is 10.7 Å². The van der Waals surface area contributed by atoms with Crippen LogP contribution in [0.2, 0.25) is 0 Å². The number of hydrogen-bond acceptors (Lipinski definition) is 3. The van der Waals surface area contributed by atoms with Gasteiger partial charge in [0.1, 0.15) is 0 Å². The number of aromatic nitrogens is 1. The summed E-state index contributed by atoms with van der Waals surface area (Å²) in [6, 6.07) is 0. The largest absolute Gasteiger partial charge is 0.370 e. The molecule has 0 atom stereocenters. The number of aryl methyl sites for hydroxylation is 3. The first-order chi connectivity index (χ1) is 10.1. The van der Waals surface area contributed by atoms with Crippen LogP contribution >= 0.6 is 11.3 Å². The lowest BCUT2D eigenvalue weighted by Gasteiger charge is -2.07. The fourth-order valence-corrected chi connectivity index (χ4v) is 3.69. The highest BCUT2D eigenvalue weighted by atomic mass is 32.1. The van der Waals surface area contributed by atoms with E-state index in [1.54, 1.807) is 0 Å². The molecule has 0 bridgehead atoms. The van der Waals surface area contributed by atoms with Crippen molar-refractivity contribution >= 4 is 17.3 Å². The van der Waals surface area contributed by atoms with Crippen LogP contribution in [-0.4, -0.2) is 24.0 Å². The molecule has 1 aliphatic rings. The van der Waals surface area contributed by atoms with E-state index in [9.17, 15) is 0 Å². The van der Waals surface area contributed by atoms with Gasteiger partial charge in [-0.2, -0.15) is 0 Å². The highest BCUT2D eigenvalue weighted by Gasteiger charge is 2.14. The normalized spacial score (nSPS) is 15.3. The summed E-state index contributed by atoms with van der Waals surface area (Å²) in [5.74, 6) is 1.27. The number of thiazole rings is 1. The molecule has 1 aliphatic carbocycles. The third-order valence-corrected chi connectivity index (χ3v) is 4.97. The van der Waals surface area contributed by atoms with E-state index in [0.717, 1.165) is 32.4 Å². The molecule has 4 nitrogen and oxygen atoms in total. The van der Waals surface area contributed by atoms with Gasteiger partial charge in [-0.3, -0.25) is 4.99 Å². The van der Waals surface area contributed by atoms with Crippen molar-refractivity contribution in [1.29, 1.82) is 0 Å². The zero-order valence-corrected chi connectivity index (χ0v) is 14.1. The Bertz CT molecular complexity index is 441. The predicted molar refractivity (Wildman–Crippen MR) is 91.0 cm³/mol. The van der Waals surface area contributed by atoms with Crippen LogP contribution in [-0.2, 0) is 19.3 Å². The summed E-state index contributed by atoms with van der Waals surface area (Å²) in [5, 5.41) is 4.45. The van der Waals surface area contributed by atoms with Crippen LogP contribution in [0.4, 0.5) is 0 Å². The Labute approximate surface area is 132 Å². The molecular formula is C16H28N4S. The maximum absolute atomic E-state index is 5.84. The zero-order valence-electron chi connectivity index (χ0n) is 13.3. The van der Waals surface area contributed by atoms with Crippen LogP contribution in [0.3, 0.4) is 0 Å². The molecule has 0 spiro atoms. The van der Waals surface area contributed by atoms with E-state index < -0.39 is 0 Å². The van der Waals surface area contributed by atoms with Gasteiger partial charge in [-0.25, -0.2) is 4.98 Å². The van der Waals surface area contributed by atoms with Crippen LogP contribution in [0.25, 0.3) is 0 Å². The van der Waals surface area contributed by atoms with Crippen molar-refractivity contribution in [2.45, 2.75) is 58.8 Å². The first kappa shape index (κ1) is 16.3. The number of aliphatic imine (C=N–C) groups is 1. The predicted octanol–water partition coefficient (Wildman–Crippen LogP) is 2.90. The zero-order chi connectivity index (χ0) is 15.1. The van der Waals surface area contributed by atoms with Crippen LogP contribution < -0.4 is 11.1 Å². The number of fused-ring (bicyclic) bond motifs is 1. The van der Waals surface area contributed by atoms with Crippen LogP contribution in [0.1, 0.15) is 55.1 Å². The molecule has 0 aliphatic heterocycles. The molecule has 0 unspecified atom stereocenters. The van der Waals surface area contributed by atoms with Crippen molar-refractivity contribution in [1.82, 2.24) is 10.3 Å². The minimum Gasteiger partial charge on any atom is -0.370 e. The van der Waals surface area contributed by atoms with E-state index in [-0.39, 0.29) is 0 Å². The van der Waals surface area contributed by atoms with Crippen molar-refractivity contribution in [3.8, 4) is 0 Å². The van der Waals surface area contributed by atoms with Crippen molar-refractivity contribution in [2.24, 2.45) is 16.6 Å². The van der Waals surface area contributed by atoms with Gasteiger partial charge in [0.15, 0.2) is 5.96 Å². The van der Waals surface area contributed by atoms with Crippen molar-refractivity contribution < 1.29 is 0 Å². The first-order valence-corrected chi connectivity index (χ1v) is 8.98. The molecule has 0 saturated heterocycles. The molecule has 118 valence electrons. The third kappa shape index (κ3) is 5.65. The Balaban J connectivity index is 1.65. The van der Waals surface area contributed by atoms with E-state index in [2.05, 4.69) is 24.2 Å². The Morgan fingerprint density at radius 2 is 2.19 bits per heavy atom. The molecule has 5 heteroatoms. The van der Waals surface area contributed by atoms with Gasteiger partial charge in [-0.15, -0.1) is 11.3 Å². The summed E-state index contributed by atoms with van der Waals surface area (Å²) in [6.45, 7) is 6.11. The second-order valence-corrected chi connectivity index (χ2v) is 7.33. The Morgan fingerprint density at radius 3 is 2.95 bits per heavy atom. The summed E-state index contributed by atoms with van der Waals surface area (Å²) in [5.41, 5.74) is 7.21. The molecule has 3 N–H and O–H groups in total. The molecule has 2 rings (SSSR count). The van der Waals surface area contributed by atoms with Crippen LogP contribution in [0, 0.1) is 5.92 Å². The summed E-state index contributed by atoms with van der Waals surface area (Å²) >= 11 is 1.90. The Kier molecular flexibility index (Phi) is 6.49. The number of nitrogens with one attached hydrogen (secondary N) is 1. The van der Waals surface area contributed by atoms with E-state index in [0.29, 0.717) is 11.9 Å². The molecule has 1 aromatic heterocycles. The first-order valence-electron chi connectivity index (χ1n) is 8.16. The number of nitrogens with two attached hydrogens (primary N) is 1. The average molecular weight is 308 g/mol. The summed E-state index contributed by atoms with van der Waals surface area (Å²) in [7, 11) is 0. The summed E-state index contributed by atoms with van der Waals surface area (Å²) < 4.78 is 0. The average Bonchev–Trinajstić information content (AvgIpc) is 2.86. The van der Waals surface area contributed by atoms with Gasteiger partial charge in [0.25, 0.3) is 0 Å².